The number of hydrogen-bond acceptors (Lipinski definition) is 4. The number of hydrogen-bond donors (Lipinski definition) is 0. The summed E-state index contributed by atoms with van der Waals surface area (Å²) < 4.78 is 14.3. The third-order valence-corrected chi connectivity index (χ3v) is 3.09. The average Bonchev–Trinajstić information content (AvgIpc) is 2.86. The van der Waals surface area contributed by atoms with Crippen molar-refractivity contribution in [3.63, 3.8) is 0 Å². The number of pyridine rings is 1. The molecule has 0 fully saturated rings. The van der Waals surface area contributed by atoms with E-state index < -0.39 is 10.7 Å². The number of rotatable bonds is 3. The lowest BCUT2D eigenvalue weighted by molar-refractivity contribution is -0.383. The van der Waals surface area contributed by atoms with Crippen LogP contribution in [0.3, 0.4) is 0 Å². The van der Waals surface area contributed by atoms with Crippen molar-refractivity contribution in [2.24, 2.45) is 0 Å². The van der Waals surface area contributed by atoms with Gasteiger partial charge in [-0.25, -0.2) is 9.37 Å². The number of benzene rings is 1. The number of halogens is 1. The molecule has 6 nitrogen and oxygen atoms in total. The molecule has 0 bridgehead atoms. The molecule has 21 heavy (non-hydrogen) atoms. The summed E-state index contributed by atoms with van der Waals surface area (Å²) in [5.41, 5.74) is 0.842. The summed E-state index contributed by atoms with van der Waals surface area (Å²) in [6.07, 6.45) is 2.09. The first-order chi connectivity index (χ1) is 10.1. The fourth-order valence-electron chi connectivity index (χ4n) is 2.15. The highest BCUT2D eigenvalue weighted by atomic mass is 19.1. The van der Waals surface area contributed by atoms with Crippen LogP contribution in [0.2, 0.25) is 0 Å². The van der Waals surface area contributed by atoms with E-state index in [0.717, 1.165) is 0 Å². The second kappa shape index (κ2) is 4.78. The van der Waals surface area contributed by atoms with Crippen molar-refractivity contribution >= 4 is 17.6 Å². The van der Waals surface area contributed by atoms with Gasteiger partial charge in [-0.3, -0.25) is 19.3 Å². The van der Waals surface area contributed by atoms with Crippen molar-refractivity contribution in [2.75, 3.05) is 0 Å². The molecule has 0 saturated heterocycles. The first-order valence-electron chi connectivity index (χ1n) is 5.98. The topological polar surface area (TPSA) is 77.5 Å². The molecule has 104 valence electrons. The molecule has 0 unspecified atom stereocenters. The average molecular weight is 285 g/mol. The van der Waals surface area contributed by atoms with Crippen LogP contribution in [-0.2, 0) is 0 Å². The van der Waals surface area contributed by atoms with Crippen LogP contribution >= 0.6 is 0 Å². The second-order valence-electron chi connectivity index (χ2n) is 4.31. The highest BCUT2D eigenvalue weighted by Crippen LogP contribution is 2.27. The number of aromatic nitrogens is 2. The molecule has 0 N–H and O–H groups in total. The molecule has 2 heterocycles. The van der Waals surface area contributed by atoms with Gasteiger partial charge in [0.25, 0.3) is 0 Å². The van der Waals surface area contributed by atoms with Gasteiger partial charge in [0.2, 0.25) is 5.65 Å². The summed E-state index contributed by atoms with van der Waals surface area (Å²) in [6.45, 7) is 0. The highest BCUT2D eigenvalue weighted by molar-refractivity contribution is 5.87. The van der Waals surface area contributed by atoms with Crippen LogP contribution in [-0.4, -0.2) is 20.6 Å². The minimum Gasteiger partial charge on any atom is -0.296 e. The van der Waals surface area contributed by atoms with Gasteiger partial charge in [0.1, 0.15) is 17.2 Å². The molecule has 7 heteroatoms. The molecule has 3 rings (SSSR count). The number of aldehydes is 1. The lowest BCUT2D eigenvalue weighted by Crippen LogP contribution is -1.95. The lowest BCUT2D eigenvalue weighted by atomic mass is 10.1. The van der Waals surface area contributed by atoms with Crippen molar-refractivity contribution < 1.29 is 14.1 Å². The second-order valence-corrected chi connectivity index (χ2v) is 4.31. The molecule has 0 aliphatic carbocycles. The van der Waals surface area contributed by atoms with Gasteiger partial charge in [0, 0.05) is 17.8 Å². The predicted molar refractivity (Wildman–Crippen MR) is 72.6 cm³/mol. The Morgan fingerprint density at radius 1 is 1.24 bits per heavy atom. The number of imidazole rings is 1. The molecule has 3 aromatic rings. The van der Waals surface area contributed by atoms with Gasteiger partial charge in [-0.1, -0.05) is 0 Å². The summed E-state index contributed by atoms with van der Waals surface area (Å²) in [6, 6.07) is 8.19. The number of carbonyl (C=O) groups is 1. The minimum absolute atomic E-state index is 0.0731. The smallest absolute Gasteiger partial charge is 0.296 e. The van der Waals surface area contributed by atoms with Gasteiger partial charge < -0.3 is 0 Å². The molecular weight excluding hydrogens is 277 g/mol. The Labute approximate surface area is 117 Å². The largest absolute Gasteiger partial charge is 0.312 e. The lowest BCUT2D eigenvalue weighted by Gasteiger charge is -1.98. The standard InChI is InChI=1S/C14H8FN3O3/c15-10-5-3-9(4-6-10)13-12(8-19)17-7-1-2-11(18(20)21)14(17)16-13/h1-8H. The van der Waals surface area contributed by atoms with E-state index in [4.69, 9.17) is 0 Å². The number of nitro groups is 1. The van der Waals surface area contributed by atoms with Crippen LogP contribution in [0.25, 0.3) is 16.9 Å². The molecule has 1 aromatic carbocycles. The van der Waals surface area contributed by atoms with Crippen LogP contribution < -0.4 is 0 Å². The van der Waals surface area contributed by atoms with Crippen LogP contribution in [0.15, 0.2) is 42.6 Å². The molecule has 0 atom stereocenters. The minimum atomic E-state index is -0.564. The van der Waals surface area contributed by atoms with E-state index in [0.29, 0.717) is 11.8 Å². The van der Waals surface area contributed by atoms with Crippen LogP contribution in [0, 0.1) is 15.9 Å². The monoisotopic (exact) mass is 285 g/mol. The maximum Gasteiger partial charge on any atom is 0.312 e. The molecule has 0 radical (unpaired) electrons. The summed E-state index contributed by atoms with van der Waals surface area (Å²) in [5.74, 6) is -0.416. The van der Waals surface area contributed by atoms with Crippen molar-refractivity contribution in [2.45, 2.75) is 0 Å². The van der Waals surface area contributed by atoms with Gasteiger partial charge >= 0.3 is 5.69 Å². The summed E-state index contributed by atoms with van der Waals surface area (Å²) >= 11 is 0. The molecule has 0 amide bonds. The first kappa shape index (κ1) is 12.9. The Balaban J connectivity index is 2.33. The van der Waals surface area contributed by atoms with Crippen molar-refractivity contribution in [3.05, 3.63) is 64.2 Å². The summed E-state index contributed by atoms with van der Waals surface area (Å²) in [4.78, 5) is 25.9. The third-order valence-electron chi connectivity index (χ3n) is 3.09. The van der Waals surface area contributed by atoms with Crippen LogP contribution in [0.4, 0.5) is 10.1 Å². The first-order valence-corrected chi connectivity index (χ1v) is 5.98. The summed E-state index contributed by atoms with van der Waals surface area (Å²) in [7, 11) is 0. The zero-order valence-electron chi connectivity index (χ0n) is 10.6. The van der Waals surface area contributed by atoms with E-state index in [1.165, 1.54) is 47.0 Å². The Bertz CT molecular complexity index is 856. The summed E-state index contributed by atoms with van der Waals surface area (Å²) in [5, 5.41) is 11.0. The Morgan fingerprint density at radius 3 is 2.57 bits per heavy atom. The molecule has 0 aliphatic rings. The van der Waals surface area contributed by atoms with Gasteiger partial charge in [0.05, 0.1) is 4.92 Å². The van der Waals surface area contributed by atoms with Crippen molar-refractivity contribution in [3.8, 4) is 11.3 Å². The number of carbonyl (C=O) groups excluding carboxylic acids is 1. The Hall–Kier alpha value is -3.09. The van der Waals surface area contributed by atoms with E-state index in [9.17, 15) is 19.3 Å². The van der Waals surface area contributed by atoms with E-state index in [1.54, 1.807) is 0 Å². The molecule has 0 spiro atoms. The van der Waals surface area contributed by atoms with Gasteiger partial charge in [-0.05, 0) is 30.3 Å². The van der Waals surface area contributed by atoms with E-state index in [-0.39, 0.29) is 22.7 Å². The third kappa shape index (κ3) is 2.04. The van der Waals surface area contributed by atoms with Crippen molar-refractivity contribution in [1.29, 1.82) is 0 Å². The molecule has 0 aliphatic heterocycles. The number of nitrogens with zero attached hydrogens (tertiary/aromatic N) is 3. The van der Waals surface area contributed by atoms with Gasteiger partial charge in [-0.2, -0.15) is 0 Å². The van der Waals surface area contributed by atoms with Crippen LogP contribution in [0.5, 0.6) is 0 Å². The highest BCUT2D eigenvalue weighted by Gasteiger charge is 2.20. The normalized spacial score (nSPS) is 10.7. The fraction of sp³-hybridized carbons (Fsp3) is 0. The van der Waals surface area contributed by atoms with E-state index in [1.807, 2.05) is 0 Å². The van der Waals surface area contributed by atoms with E-state index >= 15 is 0 Å². The molecule has 0 saturated carbocycles. The van der Waals surface area contributed by atoms with Gasteiger partial charge in [-0.15, -0.1) is 0 Å². The Morgan fingerprint density at radius 2 is 1.95 bits per heavy atom. The van der Waals surface area contributed by atoms with E-state index in [2.05, 4.69) is 4.98 Å². The molecule has 2 aromatic heterocycles. The zero-order chi connectivity index (χ0) is 15.0. The molecular formula is C14H8FN3O3. The van der Waals surface area contributed by atoms with Crippen LogP contribution in [0.1, 0.15) is 10.5 Å². The Kier molecular flexibility index (Phi) is 2.94. The maximum absolute atomic E-state index is 13.0. The quantitative estimate of drug-likeness (QED) is 0.421. The zero-order valence-corrected chi connectivity index (χ0v) is 10.6. The maximum atomic E-state index is 13.0. The van der Waals surface area contributed by atoms with Gasteiger partial charge in [0.15, 0.2) is 6.29 Å². The SMILES string of the molecule is O=Cc1c(-c2ccc(F)cc2)nc2c([N+](=O)[O-])cccn12. The number of fused-ring (bicyclic) bond motifs is 1. The predicted octanol–water partition coefficient (Wildman–Crippen LogP) is 2.86. The van der Waals surface area contributed by atoms with Crippen molar-refractivity contribution in [1.82, 2.24) is 9.38 Å². The fourth-order valence-corrected chi connectivity index (χ4v) is 2.15.